The zero-order chi connectivity index (χ0) is 11.8. The second-order valence-corrected chi connectivity index (χ2v) is 3.30. The third-order valence-electron chi connectivity index (χ3n) is 2.10. The summed E-state index contributed by atoms with van der Waals surface area (Å²) in [6, 6.07) is 1.94. The number of nitrogens with zero attached hydrogens (tertiary/aromatic N) is 3. The molecule has 0 unspecified atom stereocenters. The first-order valence-corrected chi connectivity index (χ1v) is 5.30. The zero-order valence-corrected chi connectivity index (χ0v) is 9.72. The van der Waals surface area contributed by atoms with Crippen molar-refractivity contribution < 1.29 is 9.53 Å². The molecule has 16 heavy (non-hydrogen) atoms. The topological polar surface area (TPSA) is 55.3 Å². The summed E-state index contributed by atoms with van der Waals surface area (Å²) >= 11 is 0. The predicted octanol–water partition coefficient (Wildman–Crippen LogP) is 0.827. The fraction of sp³-hybridized carbons (Fsp3) is 0.545. The smallest absolute Gasteiger partial charge is 0.132 e. The van der Waals surface area contributed by atoms with Gasteiger partial charge in [-0.1, -0.05) is 0 Å². The Morgan fingerprint density at radius 3 is 2.62 bits per heavy atom. The molecule has 1 aliphatic rings. The number of aromatic nitrogens is 2. The average molecular weight is 223 g/mol. The Morgan fingerprint density at radius 2 is 2.06 bits per heavy atom. The number of morpholine rings is 1. The Hall–Kier alpha value is -1.49. The monoisotopic (exact) mass is 223 g/mol. The molecule has 0 N–H and O–H groups in total. The first-order chi connectivity index (χ1) is 7.77. The molecule has 88 valence electrons. The lowest BCUT2D eigenvalue weighted by Crippen LogP contribution is -2.36. The molecule has 1 fully saturated rings. The first-order valence-electron chi connectivity index (χ1n) is 5.30. The molecule has 0 atom stereocenters. The van der Waals surface area contributed by atoms with Crippen LogP contribution in [0.4, 0.5) is 5.82 Å². The molecule has 0 bridgehead atoms. The Balaban J connectivity index is 0.000000386. The van der Waals surface area contributed by atoms with E-state index >= 15 is 0 Å². The van der Waals surface area contributed by atoms with Gasteiger partial charge in [-0.15, -0.1) is 0 Å². The molecule has 0 aliphatic carbocycles. The van der Waals surface area contributed by atoms with Crippen molar-refractivity contribution in [3.05, 3.63) is 18.1 Å². The van der Waals surface area contributed by atoms with Crippen molar-refractivity contribution in [2.75, 3.05) is 31.2 Å². The van der Waals surface area contributed by atoms with Gasteiger partial charge in [0.1, 0.15) is 17.9 Å². The number of rotatable bonds is 1. The van der Waals surface area contributed by atoms with E-state index in [9.17, 15) is 0 Å². The van der Waals surface area contributed by atoms with E-state index in [1.165, 1.54) is 6.92 Å². The summed E-state index contributed by atoms with van der Waals surface area (Å²) in [5.41, 5.74) is 0. The van der Waals surface area contributed by atoms with E-state index in [4.69, 9.17) is 9.53 Å². The fourth-order valence-corrected chi connectivity index (χ4v) is 1.41. The van der Waals surface area contributed by atoms with Gasteiger partial charge in [-0.25, -0.2) is 9.97 Å². The molecule has 0 radical (unpaired) electrons. The van der Waals surface area contributed by atoms with E-state index in [0.717, 1.165) is 44.2 Å². The van der Waals surface area contributed by atoms with Crippen molar-refractivity contribution in [3.8, 4) is 0 Å². The van der Waals surface area contributed by atoms with Crippen LogP contribution >= 0.6 is 0 Å². The number of aldehydes is 1. The molecule has 5 nitrogen and oxygen atoms in total. The number of anilines is 1. The Kier molecular flexibility index (Phi) is 5.42. The zero-order valence-electron chi connectivity index (χ0n) is 9.72. The van der Waals surface area contributed by atoms with Crippen LogP contribution in [0.5, 0.6) is 0 Å². The maximum absolute atomic E-state index is 8.81. The second kappa shape index (κ2) is 6.90. The molecule has 0 spiro atoms. The summed E-state index contributed by atoms with van der Waals surface area (Å²) in [7, 11) is 0. The highest BCUT2D eigenvalue weighted by Crippen LogP contribution is 2.10. The van der Waals surface area contributed by atoms with Gasteiger partial charge in [0.05, 0.1) is 13.2 Å². The average Bonchev–Trinajstić information content (AvgIpc) is 2.31. The Bertz CT molecular complexity index is 325. The molecule has 5 heteroatoms. The highest BCUT2D eigenvalue weighted by Gasteiger charge is 2.11. The lowest BCUT2D eigenvalue weighted by atomic mass is 10.4. The molecule has 0 aromatic carbocycles. The van der Waals surface area contributed by atoms with Crippen molar-refractivity contribution in [3.63, 3.8) is 0 Å². The first kappa shape index (κ1) is 12.6. The maximum atomic E-state index is 8.81. The van der Waals surface area contributed by atoms with Gasteiger partial charge in [-0.2, -0.15) is 0 Å². The van der Waals surface area contributed by atoms with Crippen molar-refractivity contribution in [2.45, 2.75) is 13.8 Å². The number of hydrogen-bond acceptors (Lipinski definition) is 5. The van der Waals surface area contributed by atoms with E-state index in [1.807, 2.05) is 13.0 Å². The second-order valence-electron chi connectivity index (χ2n) is 3.30. The van der Waals surface area contributed by atoms with Gasteiger partial charge in [-0.3, -0.25) is 0 Å². The standard InChI is InChI=1S/C9H13N3O.C2H4O/c1-8-10-3-2-9(11-8)12-4-6-13-7-5-12;1-2-3/h2-3H,4-7H2,1H3;2H,1H3. The summed E-state index contributed by atoms with van der Waals surface area (Å²) in [5, 5.41) is 0. The van der Waals surface area contributed by atoms with E-state index in [1.54, 1.807) is 6.20 Å². The van der Waals surface area contributed by atoms with E-state index in [-0.39, 0.29) is 0 Å². The third-order valence-corrected chi connectivity index (χ3v) is 2.10. The SMILES string of the molecule is CC=O.Cc1nccc(N2CCOCC2)n1. The van der Waals surface area contributed by atoms with Crippen LogP contribution in [0.15, 0.2) is 12.3 Å². The molecule has 1 aromatic rings. The highest BCUT2D eigenvalue weighted by atomic mass is 16.5. The highest BCUT2D eigenvalue weighted by molar-refractivity contribution is 5.44. The summed E-state index contributed by atoms with van der Waals surface area (Å²) in [6.07, 6.45) is 2.55. The van der Waals surface area contributed by atoms with Crippen LogP contribution < -0.4 is 4.90 Å². The van der Waals surface area contributed by atoms with Gasteiger partial charge in [-0.05, 0) is 19.9 Å². The van der Waals surface area contributed by atoms with Crippen molar-refractivity contribution in [2.24, 2.45) is 0 Å². The van der Waals surface area contributed by atoms with Crippen LogP contribution in [-0.4, -0.2) is 42.6 Å². The summed E-state index contributed by atoms with van der Waals surface area (Å²) in [4.78, 5) is 19.4. The summed E-state index contributed by atoms with van der Waals surface area (Å²) in [5.74, 6) is 1.83. The van der Waals surface area contributed by atoms with Gasteiger partial charge in [0, 0.05) is 19.3 Å². The molecule has 1 aromatic heterocycles. The van der Waals surface area contributed by atoms with Crippen molar-refractivity contribution in [1.82, 2.24) is 9.97 Å². The van der Waals surface area contributed by atoms with Crippen LogP contribution in [0.3, 0.4) is 0 Å². The minimum atomic E-state index is 0.750. The van der Waals surface area contributed by atoms with Crippen molar-refractivity contribution >= 4 is 12.1 Å². The fourth-order valence-electron chi connectivity index (χ4n) is 1.41. The van der Waals surface area contributed by atoms with Crippen LogP contribution in [0.25, 0.3) is 0 Å². The van der Waals surface area contributed by atoms with Crippen LogP contribution in [0, 0.1) is 6.92 Å². The molecular weight excluding hydrogens is 206 g/mol. The largest absolute Gasteiger partial charge is 0.378 e. The van der Waals surface area contributed by atoms with Crippen LogP contribution in [-0.2, 0) is 9.53 Å². The Morgan fingerprint density at radius 1 is 1.44 bits per heavy atom. The van der Waals surface area contributed by atoms with Gasteiger partial charge < -0.3 is 14.4 Å². The number of aryl methyl sites for hydroxylation is 1. The minimum absolute atomic E-state index is 0.750. The van der Waals surface area contributed by atoms with Gasteiger partial charge in [0.2, 0.25) is 0 Å². The normalized spacial score (nSPS) is 15.0. The molecular formula is C11H17N3O2. The number of carbonyl (C=O) groups excluding carboxylic acids is 1. The van der Waals surface area contributed by atoms with Crippen molar-refractivity contribution in [1.29, 1.82) is 0 Å². The van der Waals surface area contributed by atoms with Gasteiger partial charge >= 0.3 is 0 Å². The third kappa shape index (κ3) is 3.94. The number of hydrogen-bond donors (Lipinski definition) is 0. The Labute approximate surface area is 95.5 Å². The molecule has 2 rings (SSSR count). The number of ether oxygens (including phenoxy) is 1. The number of carbonyl (C=O) groups is 1. The van der Waals surface area contributed by atoms with Crippen LogP contribution in [0.1, 0.15) is 12.7 Å². The molecule has 1 aliphatic heterocycles. The summed E-state index contributed by atoms with van der Waals surface area (Å²) in [6.45, 7) is 6.79. The van der Waals surface area contributed by atoms with E-state index in [2.05, 4.69) is 14.9 Å². The summed E-state index contributed by atoms with van der Waals surface area (Å²) < 4.78 is 5.27. The molecule has 1 saturated heterocycles. The predicted molar refractivity (Wildman–Crippen MR) is 61.5 cm³/mol. The van der Waals surface area contributed by atoms with Crippen LogP contribution in [0.2, 0.25) is 0 Å². The molecule has 0 amide bonds. The maximum Gasteiger partial charge on any atom is 0.132 e. The van der Waals surface area contributed by atoms with E-state index < -0.39 is 0 Å². The molecule has 2 heterocycles. The molecule has 0 saturated carbocycles. The van der Waals surface area contributed by atoms with E-state index in [0.29, 0.717) is 0 Å². The minimum Gasteiger partial charge on any atom is -0.378 e. The quantitative estimate of drug-likeness (QED) is 0.660. The lowest BCUT2D eigenvalue weighted by Gasteiger charge is -2.27. The lowest BCUT2D eigenvalue weighted by molar-refractivity contribution is -0.106. The van der Waals surface area contributed by atoms with Gasteiger partial charge in [0.15, 0.2) is 0 Å². The van der Waals surface area contributed by atoms with Gasteiger partial charge in [0.25, 0.3) is 0 Å².